The maximum Gasteiger partial charge on any atom is 0.0579 e. The first-order valence-electron chi connectivity index (χ1n) is 7.33. The van der Waals surface area contributed by atoms with Crippen molar-refractivity contribution in [1.82, 2.24) is 0 Å². The molecule has 4 rings (SSSR count). The van der Waals surface area contributed by atoms with Crippen LogP contribution in [0.5, 0.6) is 0 Å². The highest BCUT2D eigenvalue weighted by molar-refractivity contribution is 5.72. The number of benzene rings is 2. The van der Waals surface area contributed by atoms with Gasteiger partial charge in [-0.25, -0.2) is 0 Å². The normalized spacial score (nSPS) is 19.9. The summed E-state index contributed by atoms with van der Waals surface area (Å²) in [5.74, 6) is 0.555. The van der Waals surface area contributed by atoms with E-state index in [1.807, 2.05) is 0 Å². The van der Waals surface area contributed by atoms with E-state index in [-0.39, 0.29) is 0 Å². The summed E-state index contributed by atoms with van der Waals surface area (Å²) in [5, 5.41) is 10.5. The van der Waals surface area contributed by atoms with Gasteiger partial charge in [0.1, 0.15) is 0 Å². The third-order valence-electron chi connectivity index (χ3n) is 4.29. The molecule has 1 atom stereocenters. The summed E-state index contributed by atoms with van der Waals surface area (Å²) in [5.41, 5.74) is 6.60. The number of rotatable bonds is 1. The Balaban J connectivity index is 1.63. The number of anilines is 3. The van der Waals surface area contributed by atoms with Gasteiger partial charge in [-0.2, -0.15) is 0 Å². The molecular weight excluding hydrogens is 246 g/mol. The summed E-state index contributed by atoms with van der Waals surface area (Å²) in [6.07, 6.45) is 1.12. The molecule has 0 saturated heterocycles. The Hall–Kier alpha value is -2.16. The Labute approximate surface area is 119 Å². The number of para-hydroxylation sites is 1. The minimum Gasteiger partial charge on any atom is -0.384 e. The maximum absolute atomic E-state index is 3.56. The maximum atomic E-state index is 3.56. The van der Waals surface area contributed by atoms with Crippen molar-refractivity contribution in [2.75, 3.05) is 35.6 Å². The molecule has 3 N–H and O–H groups in total. The van der Waals surface area contributed by atoms with Gasteiger partial charge in [0.05, 0.1) is 11.4 Å². The number of nitrogens with one attached hydrogen (secondary N) is 3. The van der Waals surface area contributed by atoms with Crippen molar-refractivity contribution in [3.8, 4) is 0 Å². The lowest BCUT2D eigenvalue weighted by Crippen LogP contribution is -2.23. The fourth-order valence-electron chi connectivity index (χ4n) is 3.19. The van der Waals surface area contributed by atoms with Crippen molar-refractivity contribution in [3.05, 3.63) is 53.6 Å². The molecule has 2 aromatic rings. The molecular formula is C17H19N3. The van der Waals surface area contributed by atoms with Crippen molar-refractivity contribution in [2.24, 2.45) is 0 Å². The number of hydrogen-bond donors (Lipinski definition) is 3. The van der Waals surface area contributed by atoms with Crippen LogP contribution >= 0.6 is 0 Å². The van der Waals surface area contributed by atoms with E-state index in [1.165, 1.54) is 28.2 Å². The Kier molecular flexibility index (Phi) is 2.76. The Morgan fingerprint density at radius 1 is 0.800 bits per heavy atom. The molecule has 0 aromatic heterocycles. The monoisotopic (exact) mass is 265 g/mol. The zero-order valence-electron chi connectivity index (χ0n) is 11.4. The highest BCUT2D eigenvalue weighted by atomic mass is 15.0. The topological polar surface area (TPSA) is 36.1 Å². The van der Waals surface area contributed by atoms with Gasteiger partial charge in [0.25, 0.3) is 0 Å². The summed E-state index contributed by atoms with van der Waals surface area (Å²) >= 11 is 0. The minimum atomic E-state index is 0.555. The highest BCUT2D eigenvalue weighted by Gasteiger charge is 2.20. The minimum absolute atomic E-state index is 0.555. The third-order valence-corrected chi connectivity index (χ3v) is 4.29. The number of hydrogen-bond acceptors (Lipinski definition) is 3. The summed E-state index contributed by atoms with van der Waals surface area (Å²) in [4.78, 5) is 0. The van der Waals surface area contributed by atoms with Gasteiger partial charge in [0.2, 0.25) is 0 Å². The van der Waals surface area contributed by atoms with E-state index in [2.05, 4.69) is 58.4 Å². The van der Waals surface area contributed by atoms with Crippen LogP contribution in [0.25, 0.3) is 0 Å². The van der Waals surface area contributed by atoms with E-state index in [4.69, 9.17) is 0 Å². The Morgan fingerprint density at radius 2 is 1.65 bits per heavy atom. The van der Waals surface area contributed by atoms with Crippen LogP contribution in [0.2, 0.25) is 0 Å². The van der Waals surface area contributed by atoms with Gasteiger partial charge in [-0.15, -0.1) is 0 Å². The van der Waals surface area contributed by atoms with E-state index in [0.717, 1.165) is 26.1 Å². The predicted molar refractivity (Wildman–Crippen MR) is 84.8 cm³/mol. The lowest BCUT2D eigenvalue weighted by atomic mass is 9.88. The molecule has 20 heavy (non-hydrogen) atoms. The zero-order chi connectivity index (χ0) is 13.4. The molecule has 2 heterocycles. The van der Waals surface area contributed by atoms with Gasteiger partial charge in [-0.05, 0) is 35.7 Å². The first-order chi connectivity index (χ1) is 9.90. The van der Waals surface area contributed by atoms with Gasteiger partial charge < -0.3 is 16.0 Å². The van der Waals surface area contributed by atoms with Crippen LogP contribution in [0, 0.1) is 0 Å². The molecule has 0 radical (unpaired) electrons. The number of fused-ring (bicyclic) bond motifs is 2. The van der Waals surface area contributed by atoms with Gasteiger partial charge in [0, 0.05) is 31.2 Å². The summed E-state index contributed by atoms with van der Waals surface area (Å²) in [6, 6.07) is 15.4. The molecule has 3 nitrogen and oxygen atoms in total. The van der Waals surface area contributed by atoms with Crippen LogP contribution in [0.15, 0.2) is 42.5 Å². The lowest BCUT2D eigenvalue weighted by Gasteiger charge is -2.28. The smallest absolute Gasteiger partial charge is 0.0579 e. The highest BCUT2D eigenvalue weighted by Crippen LogP contribution is 2.34. The molecule has 2 aliphatic heterocycles. The fourth-order valence-corrected chi connectivity index (χ4v) is 3.19. The first kappa shape index (κ1) is 11.6. The van der Waals surface area contributed by atoms with Crippen LogP contribution in [0.3, 0.4) is 0 Å². The largest absolute Gasteiger partial charge is 0.384 e. The van der Waals surface area contributed by atoms with Crippen LogP contribution < -0.4 is 16.0 Å². The molecule has 0 aliphatic carbocycles. The van der Waals surface area contributed by atoms with Gasteiger partial charge in [-0.1, -0.05) is 24.3 Å². The van der Waals surface area contributed by atoms with E-state index in [1.54, 1.807) is 0 Å². The Morgan fingerprint density at radius 3 is 2.60 bits per heavy atom. The average molecular weight is 265 g/mol. The van der Waals surface area contributed by atoms with Crippen molar-refractivity contribution >= 4 is 17.1 Å². The second kappa shape index (κ2) is 4.75. The van der Waals surface area contributed by atoms with Crippen molar-refractivity contribution in [1.29, 1.82) is 0 Å². The summed E-state index contributed by atoms with van der Waals surface area (Å²) in [7, 11) is 0. The second-order valence-corrected chi connectivity index (χ2v) is 5.60. The molecule has 0 amide bonds. The summed E-state index contributed by atoms with van der Waals surface area (Å²) < 4.78 is 0. The predicted octanol–water partition coefficient (Wildman–Crippen LogP) is 3.28. The SMILES string of the molecule is c1ccc2c(c1)CC(c1ccc3c(c1)NCCN3)CN2. The average Bonchev–Trinajstić information content (AvgIpc) is 2.54. The van der Waals surface area contributed by atoms with Gasteiger partial charge >= 0.3 is 0 Å². The van der Waals surface area contributed by atoms with Crippen molar-refractivity contribution in [3.63, 3.8) is 0 Å². The molecule has 0 bridgehead atoms. The molecule has 102 valence electrons. The quantitative estimate of drug-likeness (QED) is 0.740. The second-order valence-electron chi connectivity index (χ2n) is 5.60. The molecule has 0 saturated carbocycles. The van der Waals surface area contributed by atoms with Crippen LogP contribution in [0.1, 0.15) is 17.0 Å². The summed E-state index contributed by atoms with van der Waals surface area (Å²) in [6.45, 7) is 3.02. The molecule has 2 aliphatic rings. The molecule has 1 unspecified atom stereocenters. The lowest BCUT2D eigenvalue weighted by molar-refractivity contribution is 0.695. The standard InChI is InChI=1S/C17H19N3/c1-2-4-15-13(3-1)9-14(11-20-15)12-5-6-16-17(10-12)19-8-7-18-16/h1-6,10,14,18-20H,7-9,11H2. The van der Waals surface area contributed by atoms with E-state index >= 15 is 0 Å². The molecule has 2 aromatic carbocycles. The molecule has 0 fully saturated rings. The van der Waals surface area contributed by atoms with E-state index < -0.39 is 0 Å². The van der Waals surface area contributed by atoms with Crippen LogP contribution in [-0.4, -0.2) is 19.6 Å². The van der Waals surface area contributed by atoms with Crippen LogP contribution in [0.4, 0.5) is 17.1 Å². The van der Waals surface area contributed by atoms with Crippen molar-refractivity contribution in [2.45, 2.75) is 12.3 Å². The van der Waals surface area contributed by atoms with E-state index in [0.29, 0.717) is 5.92 Å². The van der Waals surface area contributed by atoms with Crippen molar-refractivity contribution < 1.29 is 0 Å². The van der Waals surface area contributed by atoms with Gasteiger partial charge in [0.15, 0.2) is 0 Å². The van der Waals surface area contributed by atoms with E-state index in [9.17, 15) is 0 Å². The van der Waals surface area contributed by atoms with Gasteiger partial charge in [-0.3, -0.25) is 0 Å². The molecule has 3 heteroatoms. The zero-order valence-corrected chi connectivity index (χ0v) is 11.4. The third kappa shape index (κ3) is 1.99. The van der Waals surface area contributed by atoms with Crippen LogP contribution in [-0.2, 0) is 6.42 Å². The first-order valence-corrected chi connectivity index (χ1v) is 7.33. The molecule has 0 spiro atoms. The fraction of sp³-hybridized carbons (Fsp3) is 0.294. The Bertz CT molecular complexity index is 636.